The quantitative estimate of drug-likeness (QED) is 0.739. The van der Waals surface area contributed by atoms with Crippen LogP contribution in [0.5, 0.6) is 0 Å². The summed E-state index contributed by atoms with van der Waals surface area (Å²) in [6, 6.07) is 5.39. The van der Waals surface area contributed by atoms with Crippen molar-refractivity contribution in [3.8, 4) is 11.5 Å². The van der Waals surface area contributed by atoms with E-state index < -0.39 is 6.10 Å². The lowest BCUT2D eigenvalue weighted by Gasteiger charge is -2.35. The van der Waals surface area contributed by atoms with Crippen molar-refractivity contribution in [2.75, 3.05) is 18.4 Å². The summed E-state index contributed by atoms with van der Waals surface area (Å²) in [7, 11) is 0. The number of hydrogen-bond donors (Lipinski definition) is 1. The van der Waals surface area contributed by atoms with E-state index in [1.165, 1.54) is 6.26 Å². The SMILES string of the molecule is Cc1noc([C@H]2CN(C(=O)Nc3cccc(-c4ncco4)c3C)C[C@@H](C)O2)n1. The van der Waals surface area contributed by atoms with Gasteiger partial charge in [0.2, 0.25) is 5.89 Å². The Labute approximate surface area is 161 Å². The van der Waals surface area contributed by atoms with Crippen molar-refractivity contribution in [3.05, 3.63) is 47.9 Å². The van der Waals surface area contributed by atoms with E-state index in [2.05, 4.69) is 20.4 Å². The summed E-state index contributed by atoms with van der Waals surface area (Å²) in [6.07, 6.45) is 2.51. The minimum absolute atomic E-state index is 0.156. The van der Waals surface area contributed by atoms with E-state index >= 15 is 0 Å². The van der Waals surface area contributed by atoms with Gasteiger partial charge in [-0.1, -0.05) is 11.2 Å². The predicted molar refractivity (Wildman–Crippen MR) is 99.6 cm³/mol. The number of benzene rings is 1. The maximum atomic E-state index is 12.9. The van der Waals surface area contributed by atoms with Gasteiger partial charge < -0.3 is 23.9 Å². The van der Waals surface area contributed by atoms with Crippen LogP contribution in [-0.4, -0.2) is 45.2 Å². The first kappa shape index (κ1) is 18.2. The zero-order valence-electron chi connectivity index (χ0n) is 15.9. The Kier molecular flexibility index (Phi) is 4.82. The number of morpholine rings is 1. The van der Waals surface area contributed by atoms with Crippen LogP contribution in [0.25, 0.3) is 11.5 Å². The van der Waals surface area contributed by atoms with E-state index in [-0.39, 0.29) is 12.1 Å². The van der Waals surface area contributed by atoms with E-state index in [0.717, 1.165) is 11.1 Å². The van der Waals surface area contributed by atoms with Crippen LogP contribution in [0.2, 0.25) is 0 Å². The van der Waals surface area contributed by atoms with Gasteiger partial charge in [-0.2, -0.15) is 4.98 Å². The minimum Gasteiger partial charge on any atom is -0.445 e. The van der Waals surface area contributed by atoms with Crippen LogP contribution in [0.1, 0.15) is 30.3 Å². The summed E-state index contributed by atoms with van der Waals surface area (Å²) in [5.74, 6) is 1.43. The molecular formula is C19H21N5O4. The molecule has 2 aromatic heterocycles. The molecule has 146 valence electrons. The van der Waals surface area contributed by atoms with E-state index in [9.17, 15) is 4.79 Å². The van der Waals surface area contributed by atoms with Crippen LogP contribution < -0.4 is 5.32 Å². The molecule has 28 heavy (non-hydrogen) atoms. The van der Waals surface area contributed by atoms with Gasteiger partial charge in [-0.05, 0) is 38.5 Å². The third-order valence-corrected chi connectivity index (χ3v) is 4.60. The summed E-state index contributed by atoms with van der Waals surface area (Å²) in [5.41, 5.74) is 2.41. The van der Waals surface area contributed by atoms with Crippen molar-refractivity contribution in [2.24, 2.45) is 0 Å². The fourth-order valence-corrected chi connectivity index (χ4v) is 3.25. The number of amides is 2. The smallest absolute Gasteiger partial charge is 0.322 e. The van der Waals surface area contributed by atoms with Gasteiger partial charge in [-0.25, -0.2) is 9.78 Å². The molecule has 0 radical (unpaired) electrons. The molecule has 0 unspecified atom stereocenters. The highest BCUT2D eigenvalue weighted by molar-refractivity contribution is 5.91. The Morgan fingerprint density at radius 3 is 2.86 bits per heavy atom. The van der Waals surface area contributed by atoms with Gasteiger partial charge in [0.25, 0.3) is 5.89 Å². The number of urea groups is 1. The molecule has 3 heterocycles. The van der Waals surface area contributed by atoms with Crippen LogP contribution in [0, 0.1) is 13.8 Å². The Morgan fingerprint density at radius 1 is 1.29 bits per heavy atom. The monoisotopic (exact) mass is 383 g/mol. The highest BCUT2D eigenvalue weighted by atomic mass is 16.5. The number of oxazole rings is 1. The van der Waals surface area contributed by atoms with Gasteiger partial charge in [0.15, 0.2) is 11.9 Å². The number of ether oxygens (including phenoxy) is 1. The number of carbonyl (C=O) groups excluding carboxylic acids is 1. The number of carbonyl (C=O) groups is 1. The standard InChI is InChI=1S/C19H21N5O4/c1-11-9-24(10-16(27-11)18-21-13(3)23-28-18)19(25)22-15-6-4-5-14(12(15)2)17-20-7-8-26-17/h4-8,11,16H,9-10H2,1-3H3,(H,22,25)/t11-,16-/m1/s1. The number of nitrogens with zero attached hydrogens (tertiary/aromatic N) is 4. The third-order valence-electron chi connectivity index (χ3n) is 4.60. The number of hydrogen-bond acceptors (Lipinski definition) is 7. The van der Waals surface area contributed by atoms with Crippen molar-refractivity contribution >= 4 is 11.7 Å². The third kappa shape index (κ3) is 3.61. The molecule has 1 N–H and O–H groups in total. The molecule has 9 nitrogen and oxygen atoms in total. The molecule has 0 bridgehead atoms. The first-order valence-electron chi connectivity index (χ1n) is 9.02. The van der Waals surface area contributed by atoms with Crippen LogP contribution in [0.3, 0.4) is 0 Å². The van der Waals surface area contributed by atoms with Crippen molar-refractivity contribution < 1.29 is 18.5 Å². The minimum atomic E-state index is -0.449. The van der Waals surface area contributed by atoms with E-state index in [4.69, 9.17) is 13.7 Å². The molecule has 1 saturated heterocycles. The summed E-state index contributed by atoms with van der Waals surface area (Å²) < 4.78 is 16.5. The largest absolute Gasteiger partial charge is 0.445 e. The predicted octanol–water partition coefficient (Wildman–Crippen LogP) is 3.34. The highest BCUT2D eigenvalue weighted by Crippen LogP contribution is 2.29. The lowest BCUT2D eigenvalue weighted by molar-refractivity contribution is -0.0769. The number of rotatable bonds is 3. The second kappa shape index (κ2) is 7.43. The summed E-state index contributed by atoms with van der Waals surface area (Å²) in [4.78, 5) is 23.0. The van der Waals surface area contributed by atoms with Gasteiger partial charge >= 0.3 is 6.03 Å². The average molecular weight is 383 g/mol. The van der Waals surface area contributed by atoms with Crippen LogP contribution in [0.4, 0.5) is 10.5 Å². The molecule has 0 aliphatic carbocycles. The number of anilines is 1. The fraction of sp³-hybridized carbons (Fsp3) is 0.368. The van der Waals surface area contributed by atoms with Crippen molar-refractivity contribution in [1.29, 1.82) is 0 Å². The molecule has 4 rings (SSSR count). The summed E-state index contributed by atoms with van der Waals surface area (Å²) in [5, 5.41) is 6.78. The number of nitrogens with one attached hydrogen (secondary N) is 1. The molecule has 1 fully saturated rings. The zero-order chi connectivity index (χ0) is 19.7. The zero-order valence-corrected chi connectivity index (χ0v) is 15.9. The normalized spacial score (nSPS) is 19.6. The Balaban J connectivity index is 1.51. The maximum Gasteiger partial charge on any atom is 0.322 e. The second-order valence-corrected chi connectivity index (χ2v) is 6.77. The van der Waals surface area contributed by atoms with Gasteiger partial charge in [0.05, 0.1) is 18.8 Å². The van der Waals surface area contributed by atoms with E-state index in [0.29, 0.717) is 36.4 Å². The lowest BCUT2D eigenvalue weighted by Crippen LogP contribution is -2.47. The van der Waals surface area contributed by atoms with Gasteiger partial charge in [-0.15, -0.1) is 0 Å². The first-order chi connectivity index (χ1) is 13.5. The van der Waals surface area contributed by atoms with Gasteiger partial charge in [-0.3, -0.25) is 0 Å². The Morgan fingerprint density at radius 2 is 2.14 bits per heavy atom. The number of aromatic nitrogens is 3. The van der Waals surface area contributed by atoms with Crippen molar-refractivity contribution in [2.45, 2.75) is 33.0 Å². The van der Waals surface area contributed by atoms with Crippen LogP contribution in [-0.2, 0) is 4.74 Å². The Bertz CT molecular complexity index is 969. The van der Waals surface area contributed by atoms with E-state index in [1.807, 2.05) is 32.0 Å². The molecule has 1 aliphatic heterocycles. The molecule has 0 spiro atoms. The first-order valence-corrected chi connectivity index (χ1v) is 9.02. The highest BCUT2D eigenvalue weighted by Gasteiger charge is 2.33. The van der Waals surface area contributed by atoms with Gasteiger partial charge in [0.1, 0.15) is 6.26 Å². The van der Waals surface area contributed by atoms with Gasteiger partial charge in [0, 0.05) is 17.8 Å². The molecule has 2 atom stereocenters. The average Bonchev–Trinajstić information content (AvgIpc) is 3.35. The maximum absolute atomic E-state index is 12.9. The van der Waals surface area contributed by atoms with Crippen LogP contribution in [0.15, 0.2) is 39.6 Å². The second-order valence-electron chi connectivity index (χ2n) is 6.77. The molecule has 9 heteroatoms. The Hall–Kier alpha value is -3.20. The summed E-state index contributed by atoms with van der Waals surface area (Å²) in [6.45, 7) is 6.36. The molecular weight excluding hydrogens is 362 g/mol. The van der Waals surface area contributed by atoms with Crippen molar-refractivity contribution in [1.82, 2.24) is 20.0 Å². The summed E-state index contributed by atoms with van der Waals surface area (Å²) >= 11 is 0. The number of aryl methyl sites for hydroxylation is 1. The lowest BCUT2D eigenvalue weighted by atomic mass is 10.1. The van der Waals surface area contributed by atoms with Crippen molar-refractivity contribution in [3.63, 3.8) is 0 Å². The molecule has 1 aromatic carbocycles. The molecule has 0 saturated carbocycles. The van der Waals surface area contributed by atoms with Crippen LogP contribution >= 0.6 is 0 Å². The molecule has 1 aliphatic rings. The molecule has 3 aromatic rings. The van der Waals surface area contributed by atoms with E-state index in [1.54, 1.807) is 18.0 Å². The topological polar surface area (TPSA) is 107 Å². The molecule has 2 amide bonds. The fourth-order valence-electron chi connectivity index (χ4n) is 3.25.